The molecular weight excluding hydrogens is 499 g/mol. The first kappa shape index (κ1) is 24.6. The Balaban J connectivity index is 0.00000190. The Hall–Kier alpha value is -4.48. The molecule has 0 radical (unpaired) electrons. The molecule has 0 saturated carbocycles. The minimum atomic E-state index is -1.36. The summed E-state index contributed by atoms with van der Waals surface area (Å²) in [7, 11) is 0. The van der Waals surface area contributed by atoms with Gasteiger partial charge in [0.05, 0.1) is 17.3 Å². The van der Waals surface area contributed by atoms with Crippen molar-refractivity contribution in [1.29, 1.82) is 0 Å². The molecule has 0 aliphatic carbocycles. The van der Waals surface area contributed by atoms with Crippen LogP contribution >= 0.6 is 0 Å². The normalized spacial score (nSPS) is 11.3. The maximum Gasteiger partial charge on any atom is 2.00 e. The van der Waals surface area contributed by atoms with Crippen molar-refractivity contribution in [3.8, 4) is 11.5 Å². The number of carbonyl (C=O) groups excluding carboxylic acids is 1. The molecule has 178 valence electrons. The van der Waals surface area contributed by atoms with E-state index in [0.717, 1.165) is 21.5 Å². The molecule has 0 aliphatic heterocycles. The van der Waals surface area contributed by atoms with Gasteiger partial charge in [-0.3, -0.25) is 9.98 Å². The van der Waals surface area contributed by atoms with Crippen molar-refractivity contribution in [3.05, 3.63) is 108 Å². The number of hydrogen-bond acceptors (Lipinski definition) is 6. The number of carbonyl (C=O) groups is 1. The second-order valence-electron chi connectivity index (χ2n) is 7.90. The summed E-state index contributed by atoms with van der Waals surface area (Å²) >= 11 is 0. The average Bonchev–Trinajstić information content (AvgIpc) is 2.88. The van der Waals surface area contributed by atoms with E-state index in [1.54, 1.807) is 12.1 Å². The summed E-state index contributed by atoms with van der Waals surface area (Å²) in [5.41, 5.74) is 1.28. The van der Waals surface area contributed by atoms with Crippen molar-refractivity contribution in [2.24, 2.45) is 9.98 Å². The third-order valence-corrected chi connectivity index (χ3v) is 5.74. The first-order valence-corrected chi connectivity index (χ1v) is 10.8. The van der Waals surface area contributed by atoms with Gasteiger partial charge in [0.2, 0.25) is 0 Å². The van der Waals surface area contributed by atoms with Gasteiger partial charge in [0.25, 0.3) is 0 Å². The zero-order valence-corrected chi connectivity index (χ0v) is 19.6. The number of benzene rings is 5. The van der Waals surface area contributed by atoms with Crippen LogP contribution in [0.4, 0.5) is 11.4 Å². The largest absolute Gasteiger partial charge is 2.00 e. The van der Waals surface area contributed by atoms with Crippen molar-refractivity contribution in [2.75, 3.05) is 0 Å². The zero-order chi connectivity index (χ0) is 24.4. The minimum absolute atomic E-state index is 0. The molecule has 0 aliphatic rings. The van der Waals surface area contributed by atoms with Gasteiger partial charge in [-0.2, -0.15) is 0 Å². The average molecular weight is 517 g/mol. The predicted octanol–water partition coefficient (Wildman–Crippen LogP) is 4.11. The van der Waals surface area contributed by atoms with E-state index in [0.29, 0.717) is 16.8 Å². The van der Waals surface area contributed by atoms with E-state index in [1.165, 1.54) is 42.8 Å². The predicted molar refractivity (Wildman–Crippen MR) is 133 cm³/mol. The smallest absolute Gasteiger partial charge is 0.872 e. The molecule has 6 nitrogen and oxygen atoms in total. The standard InChI is InChI=1S/C29H20N2O4.Ni/c32-27-13-10-18-5-1-3-7-21(18)23(27)16-30-25-12-9-20(29(34)35)15-26(25)31-17-24-22-8-4-2-6-19(22)11-14-28(24)33;/h1-17,32-33H,(H,34,35);/q;+2/p-2. The van der Waals surface area contributed by atoms with Gasteiger partial charge in [-0.25, -0.2) is 0 Å². The molecule has 0 unspecified atom stereocenters. The second-order valence-corrected chi connectivity index (χ2v) is 7.90. The maximum atomic E-state index is 12.5. The van der Waals surface area contributed by atoms with E-state index in [1.807, 2.05) is 48.5 Å². The van der Waals surface area contributed by atoms with Crippen LogP contribution in [-0.2, 0) is 16.5 Å². The van der Waals surface area contributed by atoms with Crippen LogP contribution in [0.15, 0.2) is 101 Å². The molecule has 0 fully saturated rings. The Morgan fingerprint density at radius 2 is 1.17 bits per heavy atom. The van der Waals surface area contributed by atoms with Gasteiger partial charge in [-0.05, 0) is 50.4 Å². The number of rotatable bonds is 5. The van der Waals surface area contributed by atoms with Crippen LogP contribution in [0.3, 0.4) is 0 Å². The molecule has 5 rings (SSSR count). The summed E-state index contributed by atoms with van der Waals surface area (Å²) in [5, 5.41) is 39.8. The monoisotopic (exact) mass is 516 g/mol. The van der Waals surface area contributed by atoms with Gasteiger partial charge in [-0.15, -0.1) is 0 Å². The van der Waals surface area contributed by atoms with E-state index in [-0.39, 0.29) is 40.7 Å². The third-order valence-electron chi connectivity index (χ3n) is 5.74. The summed E-state index contributed by atoms with van der Waals surface area (Å²) in [5.74, 6) is -1.75. The van der Waals surface area contributed by atoms with Crippen LogP contribution in [-0.4, -0.2) is 18.4 Å². The van der Waals surface area contributed by atoms with Crippen LogP contribution in [0.2, 0.25) is 0 Å². The molecule has 0 bridgehead atoms. The summed E-state index contributed by atoms with van der Waals surface area (Å²) < 4.78 is 0. The molecule has 0 N–H and O–H groups in total. The second kappa shape index (κ2) is 10.4. The SMILES string of the molecule is O=C([O-])c1ccc(N=Cc2c([O-])ccc3ccccc23)c(N=Cc2c([O-])ccc3ccccc23)c1.[H+].[Ni+2]. The molecular formula is C29H18N2NiO4. The van der Waals surface area contributed by atoms with E-state index in [2.05, 4.69) is 9.98 Å². The van der Waals surface area contributed by atoms with E-state index in [9.17, 15) is 20.1 Å². The van der Waals surface area contributed by atoms with Gasteiger partial charge in [0, 0.05) is 12.4 Å². The van der Waals surface area contributed by atoms with E-state index >= 15 is 0 Å². The Bertz CT molecular complexity index is 1670. The van der Waals surface area contributed by atoms with Gasteiger partial charge in [-0.1, -0.05) is 90.4 Å². The Morgan fingerprint density at radius 3 is 1.69 bits per heavy atom. The molecule has 0 heterocycles. The van der Waals surface area contributed by atoms with Gasteiger partial charge in [0.15, 0.2) is 0 Å². The first-order valence-electron chi connectivity index (χ1n) is 10.8. The minimum Gasteiger partial charge on any atom is -0.872 e. The van der Waals surface area contributed by atoms with Crippen LogP contribution in [0.25, 0.3) is 21.5 Å². The maximum absolute atomic E-state index is 12.5. The third kappa shape index (κ3) is 4.83. The van der Waals surface area contributed by atoms with Crippen LogP contribution in [0.1, 0.15) is 22.9 Å². The summed E-state index contributed by atoms with van der Waals surface area (Å²) in [4.78, 5) is 20.3. The first-order chi connectivity index (χ1) is 17.0. The summed E-state index contributed by atoms with van der Waals surface area (Å²) in [6.45, 7) is 0. The number of nitrogens with zero attached hydrogens (tertiary/aromatic N) is 2. The van der Waals surface area contributed by atoms with Crippen molar-refractivity contribution in [2.45, 2.75) is 0 Å². The molecule has 7 heteroatoms. The summed E-state index contributed by atoms with van der Waals surface area (Å²) in [6.07, 6.45) is 2.86. The van der Waals surface area contributed by atoms with Crippen molar-refractivity contribution in [1.82, 2.24) is 0 Å². The molecule has 0 aromatic heterocycles. The van der Waals surface area contributed by atoms with Crippen LogP contribution in [0, 0.1) is 0 Å². The van der Waals surface area contributed by atoms with Gasteiger partial charge in [0.1, 0.15) is 0 Å². The molecule has 0 spiro atoms. The number of aromatic carboxylic acids is 1. The fraction of sp³-hybridized carbons (Fsp3) is 0. The van der Waals surface area contributed by atoms with Crippen molar-refractivity contribution < 1.29 is 38.0 Å². The Kier molecular flexibility index (Phi) is 7.13. The number of aliphatic imine (C=N–C) groups is 2. The van der Waals surface area contributed by atoms with Crippen LogP contribution in [0.5, 0.6) is 11.5 Å². The molecule has 36 heavy (non-hydrogen) atoms. The molecule has 5 aromatic carbocycles. The Morgan fingerprint density at radius 1 is 0.667 bits per heavy atom. The van der Waals surface area contributed by atoms with E-state index < -0.39 is 5.97 Å². The van der Waals surface area contributed by atoms with Gasteiger partial charge < -0.3 is 20.1 Å². The quantitative estimate of drug-likeness (QED) is 0.258. The number of carboxylic acids is 1. The van der Waals surface area contributed by atoms with Crippen LogP contribution < -0.4 is 15.3 Å². The molecule has 0 saturated heterocycles. The topological polar surface area (TPSA) is 111 Å². The van der Waals surface area contributed by atoms with Crippen molar-refractivity contribution >= 4 is 51.3 Å². The number of carboxylic acid groups (broad SMARTS) is 1. The molecule has 0 atom stereocenters. The number of hydrogen-bond donors (Lipinski definition) is 0. The fourth-order valence-corrected chi connectivity index (χ4v) is 3.95. The molecule has 5 aromatic rings. The fourth-order valence-electron chi connectivity index (χ4n) is 3.95. The van der Waals surface area contributed by atoms with Gasteiger partial charge >= 0.3 is 17.9 Å². The van der Waals surface area contributed by atoms with Crippen molar-refractivity contribution in [3.63, 3.8) is 0 Å². The summed E-state index contributed by atoms with van der Waals surface area (Å²) in [6, 6.07) is 25.5. The number of fused-ring (bicyclic) bond motifs is 2. The zero-order valence-electron chi connectivity index (χ0n) is 19.7. The van der Waals surface area contributed by atoms with E-state index in [4.69, 9.17) is 0 Å². The molecule has 0 amide bonds. The Labute approximate surface area is 218 Å².